The van der Waals surface area contributed by atoms with Crippen molar-refractivity contribution in [2.45, 2.75) is 37.9 Å². The number of hydrogen-bond donors (Lipinski definition) is 1. The molecule has 25 heavy (non-hydrogen) atoms. The van der Waals surface area contributed by atoms with Crippen molar-refractivity contribution in [3.63, 3.8) is 0 Å². The smallest absolute Gasteiger partial charge is 0.251 e. The van der Waals surface area contributed by atoms with E-state index < -0.39 is 0 Å². The van der Waals surface area contributed by atoms with E-state index in [-0.39, 0.29) is 17.9 Å². The van der Waals surface area contributed by atoms with Crippen LogP contribution in [0.5, 0.6) is 0 Å². The second-order valence-corrected chi connectivity index (χ2v) is 7.04. The largest absolute Gasteiger partial charge is 0.350 e. The maximum Gasteiger partial charge on any atom is 0.251 e. The van der Waals surface area contributed by atoms with E-state index in [1.165, 1.54) is 11.8 Å². The molecule has 5 nitrogen and oxygen atoms in total. The number of fused-ring (bicyclic) bond motifs is 1. The summed E-state index contributed by atoms with van der Waals surface area (Å²) in [6.45, 7) is 4.50. The van der Waals surface area contributed by atoms with Crippen LogP contribution in [0, 0.1) is 0 Å². The van der Waals surface area contributed by atoms with Gasteiger partial charge in [0.2, 0.25) is 5.91 Å². The summed E-state index contributed by atoms with van der Waals surface area (Å²) in [5.41, 5.74) is 2.46. The van der Waals surface area contributed by atoms with Gasteiger partial charge in [-0.1, -0.05) is 30.8 Å². The number of thioether (sulfide) groups is 1. The van der Waals surface area contributed by atoms with E-state index in [2.05, 4.69) is 10.3 Å². The quantitative estimate of drug-likeness (QED) is 0.894. The zero-order valence-corrected chi connectivity index (χ0v) is 15.2. The molecule has 2 amide bonds. The van der Waals surface area contributed by atoms with Crippen LogP contribution in [0.25, 0.3) is 0 Å². The number of nitrogens with zero attached hydrogens (tertiary/aromatic N) is 2. The summed E-state index contributed by atoms with van der Waals surface area (Å²) in [5, 5.41) is 3.83. The third-order valence-electron chi connectivity index (χ3n) is 4.22. The first-order valence-electron chi connectivity index (χ1n) is 8.36. The maximum atomic E-state index is 12.3. The lowest BCUT2D eigenvalue weighted by atomic mass is 10.1. The molecule has 0 unspecified atom stereocenters. The third-order valence-corrected chi connectivity index (χ3v) is 5.20. The number of amides is 2. The Morgan fingerprint density at radius 3 is 2.80 bits per heavy atom. The SMILES string of the molecule is CC[C@H](C)NC(=O)c1ccc(CN2C(=O)CSc3ncccc32)cc1. The molecule has 0 saturated heterocycles. The Labute approximate surface area is 151 Å². The lowest BCUT2D eigenvalue weighted by molar-refractivity contribution is -0.116. The number of benzene rings is 1. The molecule has 2 aromatic rings. The molecular formula is C19H21N3O2S. The summed E-state index contributed by atoms with van der Waals surface area (Å²) >= 11 is 1.47. The fourth-order valence-electron chi connectivity index (χ4n) is 2.57. The minimum absolute atomic E-state index is 0.0686. The summed E-state index contributed by atoms with van der Waals surface area (Å²) < 4.78 is 0. The molecule has 1 aromatic heterocycles. The first-order chi connectivity index (χ1) is 12.1. The van der Waals surface area contributed by atoms with Crippen LogP contribution in [-0.2, 0) is 11.3 Å². The Balaban J connectivity index is 1.74. The zero-order valence-electron chi connectivity index (χ0n) is 14.4. The standard InChI is InChI=1S/C19H21N3O2S/c1-3-13(2)21-18(24)15-8-6-14(7-9-15)11-22-16-5-4-10-20-19(16)25-12-17(22)23/h4-10,13H,3,11-12H2,1-2H3,(H,21,24)/t13-/m0/s1. The molecule has 1 aromatic carbocycles. The number of carbonyl (C=O) groups is 2. The number of nitrogens with one attached hydrogen (secondary N) is 1. The topological polar surface area (TPSA) is 62.3 Å². The summed E-state index contributed by atoms with van der Waals surface area (Å²) in [6, 6.07) is 11.3. The van der Waals surface area contributed by atoms with E-state index in [4.69, 9.17) is 0 Å². The number of rotatable bonds is 5. The van der Waals surface area contributed by atoms with Gasteiger partial charge in [-0.3, -0.25) is 9.59 Å². The van der Waals surface area contributed by atoms with Gasteiger partial charge >= 0.3 is 0 Å². The fraction of sp³-hybridized carbons (Fsp3) is 0.316. The van der Waals surface area contributed by atoms with Gasteiger partial charge in [0.15, 0.2) is 0 Å². The fourth-order valence-corrected chi connectivity index (χ4v) is 3.45. The average Bonchev–Trinajstić information content (AvgIpc) is 2.64. The van der Waals surface area contributed by atoms with Crippen molar-refractivity contribution in [1.82, 2.24) is 10.3 Å². The first-order valence-corrected chi connectivity index (χ1v) is 9.35. The Kier molecular flexibility index (Phi) is 5.38. The van der Waals surface area contributed by atoms with Gasteiger partial charge in [0.25, 0.3) is 5.91 Å². The van der Waals surface area contributed by atoms with E-state index in [1.54, 1.807) is 23.2 Å². The monoisotopic (exact) mass is 355 g/mol. The van der Waals surface area contributed by atoms with Gasteiger partial charge in [0.05, 0.1) is 18.0 Å². The highest BCUT2D eigenvalue weighted by Crippen LogP contribution is 2.33. The maximum absolute atomic E-state index is 12.3. The van der Waals surface area contributed by atoms with Gasteiger partial charge in [-0.15, -0.1) is 0 Å². The Morgan fingerprint density at radius 1 is 1.32 bits per heavy atom. The van der Waals surface area contributed by atoms with E-state index in [9.17, 15) is 9.59 Å². The number of hydrogen-bond acceptors (Lipinski definition) is 4. The predicted octanol–water partition coefficient (Wildman–Crippen LogP) is 3.25. The van der Waals surface area contributed by atoms with Crippen LogP contribution in [0.2, 0.25) is 0 Å². The normalized spacial score (nSPS) is 14.8. The van der Waals surface area contributed by atoms with E-state index in [1.807, 2.05) is 38.1 Å². The molecule has 0 fully saturated rings. The number of anilines is 1. The Hall–Kier alpha value is -2.34. The van der Waals surface area contributed by atoms with Crippen molar-refractivity contribution >= 4 is 29.3 Å². The summed E-state index contributed by atoms with van der Waals surface area (Å²) in [7, 11) is 0. The van der Waals surface area contributed by atoms with Crippen LogP contribution >= 0.6 is 11.8 Å². The van der Waals surface area contributed by atoms with Gasteiger partial charge in [0, 0.05) is 17.8 Å². The molecule has 0 aliphatic carbocycles. The van der Waals surface area contributed by atoms with Crippen molar-refractivity contribution in [2.75, 3.05) is 10.7 Å². The average molecular weight is 355 g/mol. The number of carbonyl (C=O) groups excluding carboxylic acids is 2. The second-order valence-electron chi connectivity index (χ2n) is 6.08. The van der Waals surface area contributed by atoms with Crippen molar-refractivity contribution in [1.29, 1.82) is 0 Å². The van der Waals surface area contributed by atoms with Crippen LogP contribution in [0.4, 0.5) is 5.69 Å². The molecule has 1 aliphatic rings. The lowest BCUT2D eigenvalue weighted by Crippen LogP contribution is -2.35. The molecule has 2 heterocycles. The van der Waals surface area contributed by atoms with Crippen LogP contribution in [-0.4, -0.2) is 28.6 Å². The van der Waals surface area contributed by atoms with E-state index in [0.29, 0.717) is 17.9 Å². The molecular weight excluding hydrogens is 334 g/mol. The van der Waals surface area contributed by atoms with Crippen molar-refractivity contribution in [3.8, 4) is 0 Å². The van der Waals surface area contributed by atoms with Crippen molar-refractivity contribution in [3.05, 3.63) is 53.7 Å². The van der Waals surface area contributed by atoms with Gasteiger partial charge in [-0.25, -0.2) is 4.98 Å². The molecule has 130 valence electrons. The summed E-state index contributed by atoms with van der Waals surface area (Å²) in [4.78, 5) is 30.5. The molecule has 3 rings (SSSR count). The second kappa shape index (κ2) is 7.70. The highest BCUT2D eigenvalue weighted by atomic mass is 32.2. The van der Waals surface area contributed by atoms with Gasteiger partial charge in [-0.2, -0.15) is 0 Å². The Bertz CT molecular complexity index is 776. The van der Waals surface area contributed by atoms with Crippen molar-refractivity contribution in [2.24, 2.45) is 0 Å². The van der Waals surface area contributed by atoms with Crippen molar-refractivity contribution < 1.29 is 9.59 Å². The van der Waals surface area contributed by atoms with Crippen LogP contribution in [0.1, 0.15) is 36.2 Å². The summed E-state index contributed by atoms with van der Waals surface area (Å²) in [5.74, 6) is 0.407. The van der Waals surface area contributed by atoms with Gasteiger partial charge in [0.1, 0.15) is 5.03 Å². The minimum atomic E-state index is -0.0686. The van der Waals surface area contributed by atoms with E-state index in [0.717, 1.165) is 22.7 Å². The van der Waals surface area contributed by atoms with Crippen LogP contribution in [0.3, 0.4) is 0 Å². The molecule has 0 radical (unpaired) electrons. The minimum Gasteiger partial charge on any atom is -0.350 e. The highest BCUT2D eigenvalue weighted by Gasteiger charge is 2.25. The van der Waals surface area contributed by atoms with Gasteiger partial charge < -0.3 is 10.2 Å². The summed E-state index contributed by atoms with van der Waals surface area (Å²) in [6.07, 6.45) is 2.64. The number of aromatic nitrogens is 1. The number of pyridine rings is 1. The highest BCUT2D eigenvalue weighted by molar-refractivity contribution is 8.00. The van der Waals surface area contributed by atoms with Crippen LogP contribution in [0.15, 0.2) is 47.6 Å². The molecule has 1 N–H and O–H groups in total. The molecule has 0 bridgehead atoms. The molecule has 0 spiro atoms. The predicted molar refractivity (Wildman–Crippen MR) is 99.8 cm³/mol. The molecule has 0 saturated carbocycles. The zero-order chi connectivity index (χ0) is 17.8. The molecule has 6 heteroatoms. The molecule has 1 atom stereocenters. The van der Waals surface area contributed by atoms with Crippen LogP contribution < -0.4 is 10.2 Å². The Morgan fingerprint density at radius 2 is 2.08 bits per heavy atom. The molecule has 1 aliphatic heterocycles. The third kappa shape index (κ3) is 4.02. The first kappa shape index (κ1) is 17.5. The lowest BCUT2D eigenvalue weighted by Gasteiger charge is -2.28. The van der Waals surface area contributed by atoms with Gasteiger partial charge in [-0.05, 0) is 43.2 Å². The van der Waals surface area contributed by atoms with E-state index >= 15 is 0 Å².